The monoisotopic (exact) mass is 217 g/mol. The number of anilines is 1. The molecule has 0 unspecified atom stereocenters. The Labute approximate surface area is 83.1 Å². The summed E-state index contributed by atoms with van der Waals surface area (Å²) in [5.74, 6) is -0.735. The van der Waals surface area contributed by atoms with E-state index in [-0.39, 0.29) is 11.3 Å². The van der Waals surface area contributed by atoms with Gasteiger partial charge in [-0.3, -0.25) is 0 Å². The fourth-order valence-electron chi connectivity index (χ4n) is 0.959. The Hall–Kier alpha value is -1.97. The van der Waals surface area contributed by atoms with Crippen molar-refractivity contribution in [2.24, 2.45) is 0 Å². The number of methoxy groups -OCH3 is 1. The highest BCUT2D eigenvalue weighted by Crippen LogP contribution is 2.33. The Morgan fingerprint density at radius 1 is 1.53 bits per heavy atom. The van der Waals surface area contributed by atoms with Crippen molar-refractivity contribution in [1.82, 2.24) is 4.98 Å². The van der Waals surface area contributed by atoms with E-state index in [0.717, 1.165) is 7.11 Å². The number of nitrogens with two attached hydrogens (primary N) is 1. The van der Waals surface area contributed by atoms with E-state index in [9.17, 15) is 13.2 Å². The summed E-state index contributed by atoms with van der Waals surface area (Å²) < 4.78 is 41.4. The first kappa shape index (κ1) is 11.1. The molecule has 1 aromatic heterocycles. The van der Waals surface area contributed by atoms with Gasteiger partial charge >= 0.3 is 6.18 Å². The Morgan fingerprint density at radius 2 is 2.13 bits per heavy atom. The maximum atomic E-state index is 12.3. The normalized spacial score (nSPS) is 10.9. The third-order valence-electron chi connectivity index (χ3n) is 1.63. The van der Waals surface area contributed by atoms with Crippen molar-refractivity contribution in [2.45, 2.75) is 6.18 Å². The molecular formula is C8H6F3N3O. The minimum atomic E-state index is -4.62. The average Bonchev–Trinajstić information content (AvgIpc) is 2.15. The molecule has 0 aromatic carbocycles. The lowest BCUT2D eigenvalue weighted by atomic mass is 10.2. The topological polar surface area (TPSA) is 71.9 Å². The van der Waals surface area contributed by atoms with E-state index in [1.54, 1.807) is 6.07 Å². The summed E-state index contributed by atoms with van der Waals surface area (Å²) in [5, 5.41) is 8.59. The predicted molar refractivity (Wildman–Crippen MR) is 44.9 cm³/mol. The number of rotatable bonds is 1. The average molecular weight is 217 g/mol. The van der Waals surface area contributed by atoms with Crippen LogP contribution in [0.3, 0.4) is 0 Å². The zero-order chi connectivity index (χ0) is 11.6. The van der Waals surface area contributed by atoms with Crippen molar-refractivity contribution < 1.29 is 17.9 Å². The quantitative estimate of drug-likeness (QED) is 0.774. The van der Waals surface area contributed by atoms with Crippen molar-refractivity contribution >= 4 is 5.82 Å². The minimum absolute atomic E-state index is 0.203. The second-order valence-electron chi connectivity index (χ2n) is 2.58. The van der Waals surface area contributed by atoms with E-state index >= 15 is 0 Å². The van der Waals surface area contributed by atoms with Crippen molar-refractivity contribution in [3.63, 3.8) is 0 Å². The molecule has 1 aromatic rings. The lowest BCUT2D eigenvalue weighted by Crippen LogP contribution is -2.11. The van der Waals surface area contributed by atoms with Crippen LogP contribution in [0.5, 0.6) is 5.75 Å². The van der Waals surface area contributed by atoms with Crippen LogP contribution in [-0.4, -0.2) is 12.1 Å². The van der Waals surface area contributed by atoms with E-state index in [1.807, 2.05) is 0 Å². The number of aromatic nitrogens is 1. The molecule has 15 heavy (non-hydrogen) atoms. The number of alkyl halides is 3. The third-order valence-corrected chi connectivity index (χ3v) is 1.63. The van der Waals surface area contributed by atoms with Gasteiger partial charge in [0.2, 0.25) is 0 Å². The summed E-state index contributed by atoms with van der Waals surface area (Å²) in [5.41, 5.74) is 3.80. The molecule has 0 spiro atoms. The predicted octanol–water partition coefficient (Wildman–Crippen LogP) is 1.56. The van der Waals surface area contributed by atoms with Gasteiger partial charge < -0.3 is 10.5 Å². The van der Waals surface area contributed by atoms with Crippen LogP contribution in [0.1, 0.15) is 11.3 Å². The van der Waals surface area contributed by atoms with Gasteiger partial charge in [0, 0.05) is 6.07 Å². The van der Waals surface area contributed by atoms with Crippen LogP contribution >= 0.6 is 0 Å². The molecule has 0 aliphatic heterocycles. The van der Waals surface area contributed by atoms with Gasteiger partial charge in [-0.05, 0) is 0 Å². The first-order chi connectivity index (χ1) is 6.90. The van der Waals surface area contributed by atoms with Crippen LogP contribution in [0.4, 0.5) is 19.0 Å². The Bertz CT molecular complexity index is 422. The van der Waals surface area contributed by atoms with Crippen LogP contribution in [0.15, 0.2) is 6.07 Å². The summed E-state index contributed by atoms with van der Waals surface area (Å²) in [6.07, 6.45) is -4.62. The molecule has 0 radical (unpaired) electrons. The number of hydrogen-bond donors (Lipinski definition) is 1. The largest absolute Gasteiger partial charge is 0.495 e. The number of nitrogens with zero attached hydrogens (tertiary/aromatic N) is 2. The number of pyridine rings is 1. The second-order valence-corrected chi connectivity index (χ2v) is 2.58. The van der Waals surface area contributed by atoms with Gasteiger partial charge in [0.25, 0.3) is 0 Å². The first-order valence-corrected chi connectivity index (χ1v) is 3.72. The molecule has 2 N–H and O–H groups in total. The van der Waals surface area contributed by atoms with E-state index in [1.165, 1.54) is 0 Å². The summed E-state index contributed by atoms with van der Waals surface area (Å²) in [6, 6.07) is 2.25. The summed E-state index contributed by atoms with van der Waals surface area (Å²) in [7, 11) is 1.15. The molecule has 4 nitrogen and oxygen atoms in total. The van der Waals surface area contributed by atoms with Crippen molar-refractivity contribution in [3.8, 4) is 11.8 Å². The SMILES string of the molecule is COc1cc(C(F)(F)F)nc(N)c1C#N. The molecule has 1 rings (SSSR count). The fraction of sp³-hybridized carbons (Fsp3) is 0.250. The van der Waals surface area contributed by atoms with Gasteiger partial charge in [-0.1, -0.05) is 0 Å². The van der Waals surface area contributed by atoms with Crippen molar-refractivity contribution in [2.75, 3.05) is 12.8 Å². The molecule has 0 fully saturated rings. The van der Waals surface area contributed by atoms with Gasteiger partial charge in [0.1, 0.15) is 23.2 Å². The molecule has 0 amide bonds. The zero-order valence-electron chi connectivity index (χ0n) is 7.59. The molecule has 0 bridgehead atoms. The third kappa shape index (κ3) is 2.10. The first-order valence-electron chi connectivity index (χ1n) is 3.72. The maximum Gasteiger partial charge on any atom is 0.433 e. The van der Waals surface area contributed by atoms with Crippen LogP contribution in [0.25, 0.3) is 0 Å². The molecule has 7 heteroatoms. The smallest absolute Gasteiger partial charge is 0.433 e. The number of halogens is 3. The van der Waals surface area contributed by atoms with Crippen molar-refractivity contribution in [3.05, 3.63) is 17.3 Å². The van der Waals surface area contributed by atoms with Gasteiger partial charge in [0.05, 0.1) is 7.11 Å². The van der Waals surface area contributed by atoms with Gasteiger partial charge in [0.15, 0.2) is 5.69 Å². The second kappa shape index (κ2) is 3.65. The number of nitrogen functional groups attached to an aromatic ring is 1. The molecule has 0 atom stereocenters. The lowest BCUT2D eigenvalue weighted by Gasteiger charge is -2.10. The van der Waals surface area contributed by atoms with E-state index in [0.29, 0.717) is 6.07 Å². The van der Waals surface area contributed by atoms with Gasteiger partial charge in [-0.15, -0.1) is 0 Å². The lowest BCUT2D eigenvalue weighted by molar-refractivity contribution is -0.141. The number of hydrogen-bond acceptors (Lipinski definition) is 4. The molecule has 1 heterocycles. The van der Waals surface area contributed by atoms with Gasteiger partial charge in [-0.2, -0.15) is 18.4 Å². The van der Waals surface area contributed by atoms with Crippen LogP contribution < -0.4 is 10.5 Å². The molecule has 0 aliphatic rings. The van der Waals surface area contributed by atoms with Gasteiger partial charge in [-0.25, -0.2) is 4.98 Å². The highest BCUT2D eigenvalue weighted by Gasteiger charge is 2.34. The van der Waals surface area contributed by atoms with Crippen LogP contribution in [-0.2, 0) is 6.18 Å². The van der Waals surface area contributed by atoms with Crippen LogP contribution in [0, 0.1) is 11.3 Å². The Morgan fingerprint density at radius 3 is 2.53 bits per heavy atom. The van der Waals surface area contributed by atoms with Crippen LogP contribution in [0.2, 0.25) is 0 Å². The summed E-state index contributed by atoms with van der Waals surface area (Å²) >= 11 is 0. The molecule has 0 saturated heterocycles. The van der Waals surface area contributed by atoms with Crippen molar-refractivity contribution in [1.29, 1.82) is 5.26 Å². The standard InChI is InChI=1S/C8H6F3N3O/c1-15-5-2-6(8(9,10)11)14-7(13)4(5)3-12/h2H,1H3,(H2,13,14). The zero-order valence-corrected chi connectivity index (χ0v) is 7.59. The Balaban J connectivity index is 3.40. The number of ether oxygens (including phenoxy) is 1. The fourth-order valence-corrected chi connectivity index (χ4v) is 0.959. The van der Waals surface area contributed by atoms with E-state index in [2.05, 4.69) is 9.72 Å². The number of nitriles is 1. The maximum absolute atomic E-state index is 12.3. The Kier molecular flexibility index (Phi) is 2.70. The highest BCUT2D eigenvalue weighted by atomic mass is 19.4. The van der Waals surface area contributed by atoms with E-state index < -0.39 is 17.7 Å². The summed E-state index contributed by atoms with van der Waals surface area (Å²) in [4.78, 5) is 3.07. The molecule has 0 saturated carbocycles. The van der Waals surface area contributed by atoms with E-state index in [4.69, 9.17) is 11.0 Å². The highest BCUT2D eigenvalue weighted by molar-refractivity contribution is 5.57. The minimum Gasteiger partial charge on any atom is -0.495 e. The summed E-state index contributed by atoms with van der Waals surface area (Å²) in [6.45, 7) is 0. The molecule has 80 valence electrons. The molecule has 0 aliphatic carbocycles. The molecular weight excluding hydrogens is 211 g/mol.